The molecule has 1 aliphatic rings. The third kappa shape index (κ3) is 11.9. The molecular weight excluding hydrogens is 471 g/mol. The van der Waals surface area contributed by atoms with Gasteiger partial charge < -0.3 is 25.4 Å². The van der Waals surface area contributed by atoms with E-state index in [2.05, 4.69) is 22.9 Å². The predicted molar refractivity (Wildman–Crippen MR) is 126 cm³/mol. The number of halogens is 1. The SMILES string of the molecule is CCNC(=NCC1(CCOC)CCCC1)NCCCNC(=O)OC(C)(C)C.I. The van der Waals surface area contributed by atoms with Gasteiger partial charge in [0.25, 0.3) is 0 Å². The Kier molecular flexibility index (Phi) is 13.9. The van der Waals surface area contributed by atoms with E-state index in [0.717, 1.165) is 45.0 Å². The maximum Gasteiger partial charge on any atom is 0.407 e. The number of ether oxygens (including phenoxy) is 2. The summed E-state index contributed by atoms with van der Waals surface area (Å²) in [7, 11) is 1.77. The Labute approximate surface area is 188 Å². The Balaban J connectivity index is 0.00000729. The summed E-state index contributed by atoms with van der Waals surface area (Å²) in [5.74, 6) is 0.846. The van der Waals surface area contributed by atoms with E-state index in [1.807, 2.05) is 20.8 Å². The van der Waals surface area contributed by atoms with Crippen molar-refractivity contribution in [3.05, 3.63) is 0 Å². The van der Waals surface area contributed by atoms with Crippen LogP contribution in [0.2, 0.25) is 0 Å². The third-order valence-electron chi connectivity index (χ3n) is 4.73. The predicted octanol–water partition coefficient (Wildman–Crippen LogP) is 3.67. The molecule has 1 rings (SSSR count). The van der Waals surface area contributed by atoms with Gasteiger partial charge in [-0.05, 0) is 58.8 Å². The van der Waals surface area contributed by atoms with Gasteiger partial charge >= 0.3 is 6.09 Å². The number of methoxy groups -OCH3 is 1. The van der Waals surface area contributed by atoms with Crippen LogP contribution < -0.4 is 16.0 Å². The van der Waals surface area contributed by atoms with Crippen molar-refractivity contribution in [3.8, 4) is 0 Å². The Morgan fingerprint density at radius 2 is 1.75 bits per heavy atom. The minimum atomic E-state index is -0.466. The van der Waals surface area contributed by atoms with Gasteiger partial charge in [-0.3, -0.25) is 4.99 Å². The molecule has 3 N–H and O–H groups in total. The van der Waals surface area contributed by atoms with Crippen LogP contribution in [-0.2, 0) is 9.47 Å². The van der Waals surface area contributed by atoms with E-state index in [9.17, 15) is 4.79 Å². The lowest BCUT2D eigenvalue weighted by molar-refractivity contribution is 0.0527. The van der Waals surface area contributed by atoms with Crippen LogP contribution in [0.1, 0.15) is 66.2 Å². The lowest BCUT2D eigenvalue weighted by Crippen LogP contribution is -2.40. The molecule has 0 unspecified atom stereocenters. The highest BCUT2D eigenvalue weighted by molar-refractivity contribution is 14.0. The smallest absolute Gasteiger partial charge is 0.407 e. The van der Waals surface area contributed by atoms with Crippen LogP contribution in [-0.4, -0.2) is 57.5 Å². The van der Waals surface area contributed by atoms with Crippen molar-refractivity contribution >= 4 is 36.0 Å². The maximum absolute atomic E-state index is 11.6. The number of alkyl carbamates (subject to hydrolysis) is 1. The van der Waals surface area contributed by atoms with E-state index >= 15 is 0 Å². The highest BCUT2D eigenvalue weighted by atomic mass is 127. The molecule has 1 saturated carbocycles. The van der Waals surface area contributed by atoms with E-state index in [1.165, 1.54) is 25.7 Å². The second-order valence-corrected chi connectivity index (χ2v) is 8.35. The van der Waals surface area contributed by atoms with Gasteiger partial charge in [-0.15, -0.1) is 24.0 Å². The lowest BCUT2D eigenvalue weighted by atomic mass is 9.83. The van der Waals surface area contributed by atoms with Gasteiger partial charge in [-0.1, -0.05) is 12.8 Å². The molecule has 0 saturated heterocycles. The van der Waals surface area contributed by atoms with Gasteiger partial charge in [0, 0.05) is 39.9 Å². The highest BCUT2D eigenvalue weighted by Crippen LogP contribution is 2.41. The van der Waals surface area contributed by atoms with Crippen LogP contribution in [0.3, 0.4) is 0 Å². The summed E-state index contributed by atoms with van der Waals surface area (Å²) in [6.45, 7) is 11.4. The molecule has 0 heterocycles. The lowest BCUT2D eigenvalue weighted by Gasteiger charge is -2.27. The fraction of sp³-hybridized carbons (Fsp3) is 0.900. The van der Waals surface area contributed by atoms with Crippen molar-refractivity contribution in [2.24, 2.45) is 10.4 Å². The second kappa shape index (κ2) is 14.3. The molecule has 0 atom stereocenters. The summed E-state index contributed by atoms with van der Waals surface area (Å²) >= 11 is 0. The average molecular weight is 512 g/mol. The summed E-state index contributed by atoms with van der Waals surface area (Å²) in [5, 5.41) is 9.44. The highest BCUT2D eigenvalue weighted by Gasteiger charge is 2.33. The maximum atomic E-state index is 11.6. The van der Waals surface area contributed by atoms with Crippen LogP contribution in [0.4, 0.5) is 4.79 Å². The van der Waals surface area contributed by atoms with Gasteiger partial charge in [0.15, 0.2) is 5.96 Å². The van der Waals surface area contributed by atoms with Crippen LogP contribution >= 0.6 is 24.0 Å². The molecule has 8 heteroatoms. The van der Waals surface area contributed by atoms with Crippen molar-refractivity contribution in [2.75, 3.05) is 39.9 Å². The second-order valence-electron chi connectivity index (χ2n) is 8.35. The number of carbonyl (C=O) groups excluding carboxylic acids is 1. The molecule has 0 aromatic carbocycles. The molecule has 1 fully saturated rings. The Morgan fingerprint density at radius 3 is 2.32 bits per heavy atom. The number of rotatable bonds is 10. The summed E-state index contributed by atoms with van der Waals surface area (Å²) < 4.78 is 10.5. The molecule has 1 amide bonds. The molecule has 1 aliphatic carbocycles. The molecule has 166 valence electrons. The Morgan fingerprint density at radius 1 is 1.11 bits per heavy atom. The van der Waals surface area contributed by atoms with Gasteiger partial charge in [-0.2, -0.15) is 0 Å². The largest absolute Gasteiger partial charge is 0.444 e. The van der Waals surface area contributed by atoms with Crippen molar-refractivity contribution in [1.82, 2.24) is 16.0 Å². The first-order valence-electron chi connectivity index (χ1n) is 10.3. The molecule has 0 aliphatic heterocycles. The van der Waals surface area contributed by atoms with Crippen LogP contribution in [0, 0.1) is 5.41 Å². The van der Waals surface area contributed by atoms with Crippen molar-refractivity contribution in [2.45, 2.75) is 71.8 Å². The number of nitrogens with zero attached hydrogens (tertiary/aromatic N) is 1. The third-order valence-corrected chi connectivity index (χ3v) is 4.73. The number of carbonyl (C=O) groups is 1. The van der Waals surface area contributed by atoms with Gasteiger partial charge in [0.05, 0.1) is 0 Å². The fourth-order valence-corrected chi connectivity index (χ4v) is 3.32. The first kappa shape index (κ1) is 27.2. The zero-order valence-electron chi connectivity index (χ0n) is 18.4. The summed E-state index contributed by atoms with van der Waals surface area (Å²) in [4.78, 5) is 16.5. The fourth-order valence-electron chi connectivity index (χ4n) is 3.32. The minimum Gasteiger partial charge on any atom is -0.444 e. The quantitative estimate of drug-likeness (QED) is 0.180. The monoisotopic (exact) mass is 512 g/mol. The molecule has 0 bridgehead atoms. The zero-order valence-corrected chi connectivity index (χ0v) is 20.7. The van der Waals surface area contributed by atoms with Crippen molar-refractivity contribution in [3.63, 3.8) is 0 Å². The number of guanidine groups is 1. The standard InChI is InChI=1S/C20H40N4O3.HI/c1-6-21-17(22-13-9-14-23-18(25)27-19(2,3)4)24-16-20(12-15-26-5)10-7-8-11-20;/h6-16H2,1-5H3,(H,23,25)(H2,21,22,24);1H. The van der Waals surface area contributed by atoms with E-state index in [0.29, 0.717) is 6.54 Å². The van der Waals surface area contributed by atoms with Crippen molar-refractivity contribution < 1.29 is 14.3 Å². The van der Waals surface area contributed by atoms with Gasteiger partial charge in [0.2, 0.25) is 0 Å². The molecule has 28 heavy (non-hydrogen) atoms. The van der Waals surface area contributed by atoms with Crippen LogP contribution in [0.5, 0.6) is 0 Å². The normalized spacial score (nSPS) is 16.2. The number of hydrogen-bond donors (Lipinski definition) is 3. The number of amides is 1. The van der Waals surface area contributed by atoms with Crippen LogP contribution in [0.25, 0.3) is 0 Å². The average Bonchev–Trinajstić information content (AvgIpc) is 3.05. The van der Waals surface area contributed by atoms with Gasteiger partial charge in [0.1, 0.15) is 5.60 Å². The van der Waals surface area contributed by atoms with Crippen LogP contribution in [0.15, 0.2) is 4.99 Å². The zero-order chi connectivity index (χ0) is 20.2. The number of aliphatic imine (C=N–C) groups is 1. The first-order chi connectivity index (χ1) is 12.8. The van der Waals surface area contributed by atoms with Crippen molar-refractivity contribution in [1.29, 1.82) is 0 Å². The summed E-state index contributed by atoms with van der Waals surface area (Å²) in [5.41, 5.74) is -0.178. The van der Waals surface area contributed by atoms with E-state index < -0.39 is 5.60 Å². The summed E-state index contributed by atoms with van der Waals surface area (Å²) in [6.07, 6.45) is 6.56. The van der Waals surface area contributed by atoms with Gasteiger partial charge in [-0.25, -0.2) is 4.79 Å². The Hall–Kier alpha value is -0.770. The molecule has 0 aromatic rings. The molecule has 0 spiro atoms. The molecule has 0 aromatic heterocycles. The topological polar surface area (TPSA) is 84.0 Å². The molecule has 0 radical (unpaired) electrons. The molecular formula is C20H41IN4O3. The number of nitrogens with one attached hydrogen (secondary N) is 3. The Bertz CT molecular complexity index is 461. The first-order valence-corrected chi connectivity index (χ1v) is 10.3. The van der Waals surface area contributed by atoms with E-state index in [4.69, 9.17) is 14.5 Å². The van der Waals surface area contributed by atoms with E-state index in [-0.39, 0.29) is 35.5 Å². The van der Waals surface area contributed by atoms with E-state index in [1.54, 1.807) is 7.11 Å². The minimum absolute atomic E-state index is 0. The molecule has 7 nitrogen and oxygen atoms in total. The summed E-state index contributed by atoms with van der Waals surface area (Å²) in [6, 6.07) is 0. The number of hydrogen-bond acceptors (Lipinski definition) is 4.